The van der Waals surface area contributed by atoms with E-state index in [0.717, 1.165) is 19.6 Å². The molecule has 2 heteroatoms. The van der Waals surface area contributed by atoms with Crippen LogP contribution in [0.2, 0.25) is 0 Å². The smallest absolute Gasteiger partial charge is 0.0720 e. The van der Waals surface area contributed by atoms with Crippen molar-refractivity contribution in [2.75, 3.05) is 26.2 Å². The van der Waals surface area contributed by atoms with Crippen molar-refractivity contribution >= 4 is 0 Å². The summed E-state index contributed by atoms with van der Waals surface area (Å²) in [4.78, 5) is 2.62. The summed E-state index contributed by atoms with van der Waals surface area (Å²) in [7, 11) is 0. The molecule has 1 fully saturated rings. The first-order valence-corrected chi connectivity index (χ1v) is 8.78. The van der Waals surface area contributed by atoms with E-state index in [-0.39, 0.29) is 5.41 Å². The minimum atomic E-state index is 0.262. The van der Waals surface area contributed by atoms with Gasteiger partial charge in [0.15, 0.2) is 0 Å². The van der Waals surface area contributed by atoms with Gasteiger partial charge in [-0.05, 0) is 49.0 Å². The van der Waals surface area contributed by atoms with Crippen LogP contribution in [0.25, 0.3) is 0 Å². The normalized spacial score (nSPS) is 20.3. The number of fused-ring (bicyclic) bond motifs is 2. The predicted octanol–water partition coefficient (Wildman–Crippen LogP) is 3.79. The highest BCUT2D eigenvalue weighted by molar-refractivity contribution is 5.36. The molecule has 2 aromatic carbocycles. The molecule has 0 N–H and O–H groups in total. The van der Waals surface area contributed by atoms with Gasteiger partial charge in [0.05, 0.1) is 13.2 Å². The van der Waals surface area contributed by atoms with Crippen molar-refractivity contribution in [1.82, 2.24) is 4.90 Å². The van der Waals surface area contributed by atoms with Crippen LogP contribution in [0.15, 0.2) is 54.6 Å². The average molecular weight is 307 g/mol. The van der Waals surface area contributed by atoms with E-state index in [1.165, 1.54) is 43.6 Å². The molecule has 0 aromatic heterocycles. The zero-order valence-electron chi connectivity index (χ0n) is 13.7. The topological polar surface area (TPSA) is 12.5 Å². The molecule has 2 nitrogen and oxygen atoms in total. The van der Waals surface area contributed by atoms with Crippen LogP contribution in [0.5, 0.6) is 0 Å². The summed E-state index contributed by atoms with van der Waals surface area (Å²) in [6.45, 7) is 5.23. The average Bonchev–Trinajstić information content (AvgIpc) is 2.63. The van der Waals surface area contributed by atoms with Crippen molar-refractivity contribution in [3.63, 3.8) is 0 Å². The van der Waals surface area contributed by atoms with Crippen molar-refractivity contribution in [2.24, 2.45) is 0 Å². The first kappa shape index (κ1) is 14.9. The standard InChI is InChI=1S/C21H25NO/c1-2-6-18(7-3-1)10-13-22-14-11-21(12-15-22)17-23-16-19-8-4-5-9-20(19)21/h1-9H,10-17H2. The van der Waals surface area contributed by atoms with Crippen molar-refractivity contribution in [3.8, 4) is 0 Å². The van der Waals surface area contributed by atoms with Gasteiger partial charge in [-0.15, -0.1) is 0 Å². The molecule has 0 unspecified atom stereocenters. The third kappa shape index (κ3) is 3.06. The fourth-order valence-electron chi connectivity index (χ4n) is 4.15. The van der Waals surface area contributed by atoms with E-state index >= 15 is 0 Å². The van der Waals surface area contributed by atoms with E-state index in [1.54, 1.807) is 5.56 Å². The second kappa shape index (κ2) is 6.46. The lowest BCUT2D eigenvalue weighted by Crippen LogP contribution is -2.47. The minimum absolute atomic E-state index is 0.262. The molecule has 23 heavy (non-hydrogen) atoms. The van der Waals surface area contributed by atoms with E-state index in [9.17, 15) is 0 Å². The Hall–Kier alpha value is -1.64. The van der Waals surface area contributed by atoms with Gasteiger partial charge in [-0.2, -0.15) is 0 Å². The lowest BCUT2D eigenvalue weighted by molar-refractivity contribution is 0.0189. The number of benzene rings is 2. The fourth-order valence-corrected chi connectivity index (χ4v) is 4.15. The van der Waals surface area contributed by atoms with E-state index < -0.39 is 0 Å². The zero-order valence-corrected chi connectivity index (χ0v) is 13.7. The number of nitrogens with zero attached hydrogens (tertiary/aromatic N) is 1. The summed E-state index contributed by atoms with van der Waals surface area (Å²) >= 11 is 0. The molecule has 1 saturated heterocycles. The summed E-state index contributed by atoms with van der Waals surface area (Å²) in [5, 5.41) is 0. The predicted molar refractivity (Wildman–Crippen MR) is 93.6 cm³/mol. The molecular weight excluding hydrogens is 282 g/mol. The summed E-state index contributed by atoms with van der Waals surface area (Å²) in [5.74, 6) is 0. The molecule has 0 aliphatic carbocycles. The monoisotopic (exact) mass is 307 g/mol. The maximum atomic E-state index is 5.94. The van der Waals surface area contributed by atoms with Gasteiger partial charge in [0.2, 0.25) is 0 Å². The quantitative estimate of drug-likeness (QED) is 0.855. The number of hydrogen-bond donors (Lipinski definition) is 0. The molecule has 2 aromatic rings. The second-order valence-electron chi connectivity index (χ2n) is 7.01. The molecular formula is C21H25NO. The summed E-state index contributed by atoms with van der Waals surface area (Å²) in [6.07, 6.45) is 3.60. The van der Waals surface area contributed by atoms with Crippen LogP contribution in [0.3, 0.4) is 0 Å². The Morgan fingerprint density at radius 1 is 0.913 bits per heavy atom. The Kier molecular flexibility index (Phi) is 4.19. The van der Waals surface area contributed by atoms with Crippen LogP contribution in [-0.4, -0.2) is 31.1 Å². The second-order valence-corrected chi connectivity index (χ2v) is 7.01. The van der Waals surface area contributed by atoms with Gasteiger partial charge in [-0.25, -0.2) is 0 Å². The van der Waals surface area contributed by atoms with Crippen molar-refractivity contribution < 1.29 is 4.74 Å². The number of likely N-dealkylation sites (tertiary alicyclic amines) is 1. The van der Waals surface area contributed by atoms with E-state index in [4.69, 9.17) is 4.74 Å². The van der Waals surface area contributed by atoms with Crippen LogP contribution in [-0.2, 0) is 23.2 Å². The third-order valence-corrected chi connectivity index (χ3v) is 5.60. The molecule has 4 rings (SSSR count). The lowest BCUT2D eigenvalue weighted by atomic mass is 9.70. The largest absolute Gasteiger partial charge is 0.376 e. The number of hydrogen-bond acceptors (Lipinski definition) is 2. The zero-order chi connectivity index (χ0) is 15.5. The molecule has 2 aliphatic rings. The Balaban J connectivity index is 1.40. The summed E-state index contributed by atoms with van der Waals surface area (Å²) in [5.41, 5.74) is 4.66. The maximum Gasteiger partial charge on any atom is 0.0720 e. The molecule has 0 amide bonds. The Labute approximate surface area is 139 Å². The highest BCUT2D eigenvalue weighted by Crippen LogP contribution is 2.40. The molecule has 0 bridgehead atoms. The van der Waals surface area contributed by atoms with Gasteiger partial charge in [0.1, 0.15) is 0 Å². The molecule has 0 atom stereocenters. The van der Waals surface area contributed by atoms with Gasteiger partial charge in [0, 0.05) is 12.0 Å². The van der Waals surface area contributed by atoms with Crippen LogP contribution in [0, 0.1) is 0 Å². The van der Waals surface area contributed by atoms with E-state index in [1.807, 2.05) is 0 Å². The fraction of sp³-hybridized carbons (Fsp3) is 0.429. The number of piperidine rings is 1. The van der Waals surface area contributed by atoms with Gasteiger partial charge in [-0.3, -0.25) is 0 Å². The first-order chi connectivity index (χ1) is 11.4. The summed E-state index contributed by atoms with van der Waals surface area (Å²) < 4.78 is 5.94. The van der Waals surface area contributed by atoms with Crippen LogP contribution >= 0.6 is 0 Å². The van der Waals surface area contributed by atoms with Gasteiger partial charge >= 0.3 is 0 Å². The van der Waals surface area contributed by atoms with Gasteiger partial charge in [-0.1, -0.05) is 54.6 Å². The highest BCUT2D eigenvalue weighted by Gasteiger charge is 2.39. The van der Waals surface area contributed by atoms with Crippen molar-refractivity contribution in [3.05, 3.63) is 71.3 Å². The molecule has 120 valence electrons. The summed E-state index contributed by atoms with van der Waals surface area (Å²) in [6, 6.07) is 19.7. The Bertz CT molecular complexity index is 644. The Morgan fingerprint density at radius 2 is 1.65 bits per heavy atom. The van der Waals surface area contributed by atoms with E-state index in [0.29, 0.717) is 0 Å². The molecule has 2 aliphatic heterocycles. The first-order valence-electron chi connectivity index (χ1n) is 8.78. The molecule has 0 saturated carbocycles. The van der Waals surface area contributed by atoms with Crippen LogP contribution in [0.4, 0.5) is 0 Å². The molecule has 0 radical (unpaired) electrons. The highest BCUT2D eigenvalue weighted by atomic mass is 16.5. The minimum Gasteiger partial charge on any atom is -0.376 e. The maximum absolute atomic E-state index is 5.94. The van der Waals surface area contributed by atoms with Gasteiger partial charge < -0.3 is 9.64 Å². The van der Waals surface area contributed by atoms with Crippen molar-refractivity contribution in [2.45, 2.75) is 31.3 Å². The molecule has 1 spiro atoms. The van der Waals surface area contributed by atoms with Crippen LogP contribution in [0.1, 0.15) is 29.5 Å². The van der Waals surface area contributed by atoms with Crippen LogP contribution < -0.4 is 0 Å². The number of ether oxygens (including phenoxy) is 1. The number of rotatable bonds is 3. The SMILES string of the molecule is c1ccc(CCN2CCC3(CC2)COCc2ccccc23)cc1. The molecule has 2 heterocycles. The van der Waals surface area contributed by atoms with Gasteiger partial charge in [0.25, 0.3) is 0 Å². The third-order valence-electron chi connectivity index (χ3n) is 5.60. The Morgan fingerprint density at radius 3 is 2.48 bits per heavy atom. The van der Waals surface area contributed by atoms with Crippen molar-refractivity contribution in [1.29, 1.82) is 0 Å². The van der Waals surface area contributed by atoms with E-state index in [2.05, 4.69) is 59.5 Å². The lowest BCUT2D eigenvalue weighted by Gasteiger charge is -2.45.